The zero-order chi connectivity index (χ0) is 26.5. The van der Waals surface area contributed by atoms with Crippen molar-refractivity contribution in [3.8, 4) is 0 Å². The molecule has 37 heavy (non-hydrogen) atoms. The maximum Gasteiger partial charge on any atom is 0.228 e. The normalized spacial score (nSPS) is 22.2. The molecule has 7 heteroatoms. The van der Waals surface area contributed by atoms with Crippen molar-refractivity contribution in [1.82, 2.24) is 0 Å². The number of nitrogen functional groups attached to an aromatic ring is 1. The predicted molar refractivity (Wildman–Crippen MR) is 152 cm³/mol. The molecule has 1 saturated carbocycles. The number of aryl methyl sites for hydroxylation is 1. The van der Waals surface area contributed by atoms with E-state index in [-0.39, 0.29) is 29.3 Å². The van der Waals surface area contributed by atoms with Crippen LogP contribution >= 0.6 is 22.9 Å². The zero-order valence-corrected chi connectivity index (χ0v) is 23.6. The first-order chi connectivity index (χ1) is 17.7. The Hall–Kier alpha value is -2.18. The lowest BCUT2D eigenvalue weighted by atomic mass is 9.76. The smallest absolute Gasteiger partial charge is 0.228 e. The van der Waals surface area contributed by atoms with Gasteiger partial charge in [-0.1, -0.05) is 43.4 Å². The fourth-order valence-corrected chi connectivity index (χ4v) is 7.11. The number of benzene rings is 1. The number of ketones is 2. The molecule has 2 atom stereocenters. The Labute approximate surface area is 229 Å². The Bertz CT molecular complexity index is 1110. The summed E-state index contributed by atoms with van der Waals surface area (Å²) < 4.78 is 0. The van der Waals surface area contributed by atoms with Gasteiger partial charge in [0.1, 0.15) is 11.6 Å². The highest BCUT2D eigenvalue weighted by Crippen LogP contribution is 2.37. The Balaban J connectivity index is 1.17. The molecule has 1 amide bonds. The van der Waals surface area contributed by atoms with Gasteiger partial charge in [-0.2, -0.15) is 0 Å². The summed E-state index contributed by atoms with van der Waals surface area (Å²) in [4.78, 5) is 37.5. The monoisotopic (exact) mass is 542 g/mol. The van der Waals surface area contributed by atoms with Crippen molar-refractivity contribution in [3.63, 3.8) is 0 Å². The van der Waals surface area contributed by atoms with E-state index in [0.29, 0.717) is 41.8 Å². The number of nitrogens with two attached hydrogens (primary N) is 1. The van der Waals surface area contributed by atoms with E-state index < -0.39 is 0 Å². The molecule has 3 N–H and O–H groups in total. The van der Waals surface area contributed by atoms with Crippen LogP contribution in [0.15, 0.2) is 23.6 Å². The van der Waals surface area contributed by atoms with Crippen LogP contribution < -0.4 is 11.1 Å². The van der Waals surface area contributed by atoms with Gasteiger partial charge in [-0.05, 0) is 92.0 Å². The molecule has 1 aromatic carbocycles. The van der Waals surface area contributed by atoms with Crippen molar-refractivity contribution < 1.29 is 14.4 Å². The summed E-state index contributed by atoms with van der Waals surface area (Å²) in [7, 11) is 0. The quantitative estimate of drug-likeness (QED) is 0.294. The van der Waals surface area contributed by atoms with Gasteiger partial charge in [0.15, 0.2) is 0 Å². The van der Waals surface area contributed by atoms with Crippen LogP contribution in [0.25, 0.3) is 0 Å². The van der Waals surface area contributed by atoms with Crippen molar-refractivity contribution in [3.05, 3.63) is 45.3 Å². The van der Waals surface area contributed by atoms with Crippen molar-refractivity contribution in [2.24, 2.45) is 23.7 Å². The molecule has 4 rings (SSSR count). The Morgan fingerprint density at radius 1 is 1.14 bits per heavy atom. The van der Waals surface area contributed by atoms with Crippen molar-refractivity contribution in [2.75, 3.05) is 11.1 Å². The summed E-state index contributed by atoms with van der Waals surface area (Å²) in [6.07, 6.45) is 9.88. The van der Waals surface area contributed by atoms with Crippen molar-refractivity contribution >= 4 is 51.1 Å². The zero-order valence-electron chi connectivity index (χ0n) is 22.0. The van der Waals surface area contributed by atoms with Crippen LogP contribution in [0, 0.1) is 30.6 Å². The van der Waals surface area contributed by atoms with E-state index in [2.05, 4.69) is 16.8 Å². The summed E-state index contributed by atoms with van der Waals surface area (Å²) in [5.74, 6) is 1.45. The van der Waals surface area contributed by atoms with Gasteiger partial charge in [-0.3, -0.25) is 14.4 Å². The van der Waals surface area contributed by atoms with Crippen LogP contribution in [0.1, 0.15) is 81.4 Å². The fourth-order valence-electron chi connectivity index (χ4n) is 5.99. The average Bonchev–Trinajstić information content (AvgIpc) is 3.31. The molecule has 5 nitrogen and oxygen atoms in total. The standard InChI is InChI=1S/C30H39ClN2O3S/c1-18-13-22(15-27(31)28(18)32)14-25(19(2)34)17-26(35)10-8-21-5-3-20(4-6-21)7-9-23-16-24-11-12-37-30(24)33-29(23)36/h11-13,15,20-21,23,25H,3-10,14,16-17,32H2,1-2H3,(H,33,36)/t20?,21?,23?,25-/m0/s1. The second-order valence-electron chi connectivity index (χ2n) is 11.2. The minimum absolute atomic E-state index is 0.0429. The van der Waals surface area contributed by atoms with Crippen LogP contribution in [0.2, 0.25) is 5.02 Å². The van der Waals surface area contributed by atoms with E-state index in [1.165, 1.54) is 18.4 Å². The molecule has 1 fully saturated rings. The Morgan fingerprint density at radius 2 is 1.84 bits per heavy atom. The summed E-state index contributed by atoms with van der Waals surface area (Å²) >= 11 is 7.83. The number of carbonyl (C=O) groups excluding carboxylic acids is 3. The molecular formula is C30H39ClN2O3S. The van der Waals surface area contributed by atoms with E-state index in [9.17, 15) is 14.4 Å². The maximum atomic E-state index is 12.8. The summed E-state index contributed by atoms with van der Waals surface area (Å²) in [6, 6.07) is 5.90. The molecule has 1 aliphatic heterocycles. The molecule has 1 unspecified atom stereocenters. The first-order valence-corrected chi connectivity index (χ1v) is 14.9. The number of rotatable bonds is 11. The largest absolute Gasteiger partial charge is 0.397 e. The fraction of sp³-hybridized carbons (Fsp3) is 0.567. The Morgan fingerprint density at radius 3 is 2.51 bits per heavy atom. The van der Waals surface area contributed by atoms with Gasteiger partial charge in [-0.25, -0.2) is 0 Å². The number of hydrogen-bond acceptors (Lipinski definition) is 5. The molecular weight excluding hydrogens is 504 g/mol. The highest BCUT2D eigenvalue weighted by molar-refractivity contribution is 7.14. The number of thiophene rings is 1. The predicted octanol–water partition coefficient (Wildman–Crippen LogP) is 7.18. The number of anilines is 2. The average molecular weight is 543 g/mol. The number of hydrogen-bond donors (Lipinski definition) is 2. The number of nitrogens with one attached hydrogen (secondary N) is 1. The second kappa shape index (κ2) is 12.6. The van der Waals surface area contributed by atoms with Crippen LogP contribution in [0.4, 0.5) is 10.7 Å². The molecule has 0 bridgehead atoms. The SMILES string of the molecule is CC(=O)[C@H](CC(=O)CCC1CCC(CCC2Cc3ccsc3NC2=O)CC1)Cc1cc(C)c(N)c(Cl)c1. The van der Waals surface area contributed by atoms with Gasteiger partial charge in [0.05, 0.1) is 15.7 Å². The van der Waals surface area contributed by atoms with Gasteiger partial charge in [0.25, 0.3) is 0 Å². The van der Waals surface area contributed by atoms with Crippen LogP contribution in [0.3, 0.4) is 0 Å². The van der Waals surface area contributed by atoms with Crippen molar-refractivity contribution in [2.45, 2.75) is 84.5 Å². The topological polar surface area (TPSA) is 89.3 Å². The third-order valence-electron chi connectivity index (χ3n) is 8.47. The van der Waals surface area contributed by atoms with Crippen molar-refractivity contribution in [1.29, 1.82) is 0 Å². The number of carbonyl (C=O) groups is 3. The van der Waals surface area contributed by atoms with Gasteiger partial charge >= 0.3 is 0 Å². The van der Waals surface area contributed by atoms with Gasteiger partial charge < -0.3 is 11.1 Å². The molecule has 1 aliphatic carbocycles. The lowest BCUT2D eigenvalue weighted by Crippen LogP contribution is -2.29. The number of Topliss-reactive ketones (excluding diaryl/α,β-unsaturated/α-hetero) is 2. The highest BCUT2D eigenvalue weighted by Gasteiger charge is 2.29. The van der Waals surface area contributed by atoms with Crippen LogP contribution in [-0.4, -0.2) is 17.5 Å². The minimum Gasteiger partial charge on any atom is -0.397 e. The molecule has 2 heterocycles. The van der Waals surface area contributed by atoms with Gasteiger partial charge in [-0.15, -0.1) is 11.3 Å². The Kier molecular flexibility index (Phi) is 9.46. The van der Waals surface area contributed by atoms with Crippen LogP contribution in [0.5, 0.6) is 0 Å². The van der Waals surface area contributed by atoms with E-state index in [1.807, 2.05) is 19.1 Å². The summed E-state index contributed by atoms with van der Waals surface area (Å²) in [5, 5.41) is 6.64. The van der Waals surface area contributed by atoms with Gasteiger partial charge in [0, 0.05) is 24.7 Å². The number of fused-ring (bicyclic) bond motifs is 1. The minimum atomic E-state index is -0.315. The highest BCUT2D eigenvalue weighted by atomic mass is 35.5. The molecule has 2 aromatic rings. The lowest BCUT2D eigenvalue weighted by molar-refractivity contribution is -0.126. The summed E-state index contributed by atoms with van der Waals surface area (Å²) in [6.45, 7) is 3.47. The van der Waals surface area contributed by atoms with E-state index in [4.69, 9.17) is 17.3 Å². The summed E-state index contributed by atoms with van der Waals surface area (Å²) in [5.41, 5.74) is 9.63. The maximum absolute atomic E-state index is 12.8. The molecule has 0 radical (unpaired) electrons. The van der Waals surface area contributed by atoms with E-state index in [0.717, 1.165) is 54.7 Å². The first-order valence-electron chi connectivity index (χ1n) is 13.6. The third kappa shape index (κ3) is 7.44. The number of halogens is 1. The number of amides is 1. The lowest BCUT2D eigenvalue weighted by Gasteiger charge is -2.30. The third-order valence-corrected chi connectivity index (χ3v) is 9.65. The molecule has 0 spiro atoms. The van der Waals surface area contributed by atoms with E-state index in [1.54, 1.807) is 18.3 Å². The van der Waals surface area contributed by atoms with Crippen LogP contribution in [-0.2, 0) is 27.2 Å². The molecule has 200 valence electrons. The second-order valence-corrected chi connectivity index (χ2v) is 12.6. The molecule has 0 saturated heterocycles. The first kappa shape index (κ1) is 27.8. The van der Waals surface area contributed by atoms with E-state index >= 15 is 0 Å². The van der Waals surface area contributed by atoms with Gasteiger partial charge in [0.2, 0.25) is 5.91 Å². The molecule has 2 aliphatic rings. The molecule has 1 aromatic heterocycles.